The van der Waals surface area contributed by atoms with Crippen LogP contribution in [-0.2, 0) is 14.2 Å². The summed E-state index contributed by atoms with van der Waals surface area (Å²) in [6, 6.07) is -0.870. The highest BCUT2D eigenvalue weighted by Crippen LogP contribution is 2.41. The van der Waals surface area contributed by atoms with Gasteiger partial charge in [0.25, 0.3) is 0 Å². The van der Waals surface area contributed by atoms with E-state index in [2.05, 4.69) is 0 Å². The van der Waals surface area contributed by atoms with Crippen LogP contribution < -0.4 is 11.5 Å². The molecule has 6 atom stereocenters. The second-order valence-electron chi connectivity index (χ2n) is 6.06. The Hall–Kier alpha value is -1.19. The molecule has 2 rings (SSSR count). The second-order valence-corrected chi connectivity index (χ2v) is 6.06. The molecule has 8 nitrogen and oxygen atoms in total. The van der Waals surface area contributed by atoms with Crippen LogP contribution in [0.15, 0.2) is 12.3 Å². The maximum absolute atomic E-state index is 11.8. The highest BCUT2D eigenvalue weighted by molar-refractivity contribution is 5.73. The number of amides is 2. The summed E-state index contributed by atoms with van der Waals surface area (Å²) in [5.41, 5.74) is 11.3. The van der Waals surface area contributed by atoms with Gasteiger partial charge in [0.15, 0.2) is 12.0 Å². The fraction of sp³-hybridized carbons (Fsp3) is 0.800. The lowest BCUT2D eigenvalue weighted by atomic mass is 10.1. The summed E-state index contributed by atoms with van der Waals surface area (Å²) in [7, 11) is 0. The fourth-order valence-corrected chi connectivity index (χ4v) is 2.74. The number of carbonyl (C=O) groups excluding carboxylic acids is 1. The number of carbonyl (C=O) groups is 1. The number of hydrogen-bond donors (Lipinski definition) is 3. The Morgan fingerprint density at radius 2 is 2.04 bits per heavy atom. The van der Waals surface area contributed by atoms with Crippen molar-refractivity contribution in [2.24, 2.45) is 11.5 Å². The van der Waals surface area contributed by atoms with Crippen molar-refractivity contribution in [1.29, 1.82) is 0 Å². The molecular formula is C15H27N3O5. The lowest BCUT2D eigenvalue weighted by Crippen LogP contribution is -2.47. The van der Waals surface area contributed by atoms with Crippen molar-refractivity contribution in [3.05, 3.63) is 12.3 Å². The smallest absolute Gasteiger partial charge is 0.321 e. The van der Waals surface area contributed by atoms with Gasteiger partial charge in [0.05, 0.1) is 6.61 Å². The van der Waals surface area contributed by atoms with E-state index in [1.807, 2.05) is 20.8 Å². The van der Waals surface area contributed by atoms with Gasteiger partial charge in [0.1, 0.15) is 18.3 Å². The molecule has 132 valence electrons. The van der Waals surface area contributed by atoms with Gasteiger partial charge in [-0.25, -0.2) is 4.79 Å². The van der Waals surface area contributed by atoms with E-state index in [9.17, 15) is 9.90 Å². The van der Waals surface area contributed by atoms with Crippen molar-refractivity contribution in [2.75, 3.05) is 6.61 Å². The highest BCUT2D eigenvalue weighted by atomic mass is 16.8. The molecule has 23 heavy (non-hydrogen) atoms. The first kappa shape index (κ1) is 18.2. The van der Waals surface area contributed by atoms with Gasteiger partial charge >= 0.3 is 6.03 Å². The molecule has 2 saturated heterocycles. The van der Waals surface area contributed by atoms with Crippen molar-refractivity contribution in [3.8, 4) is 0 Å². The maximum Gasteiger partial charge on any atom is 0.321 e. The van der Waals surface area contributed by atoms with Crippen LogP contribution in [0.5, 0.6) is 0 Å². The van der Waals surface area contributed by atoms with Gasteiger partial charge in [-0.2, -0.15) is 0 Å². The van der Waals surface area contributed by atoms with Gasteiger partial charge in [0, 0.05) is 12.2 Å². The van der Waals surface area contributed by atoms with Gasteiger partial charge in [-0.15, -0.1) is 0 Å². The Bertz CT molecular complexity index is 460. The van der Waals surface area contributed by atoms with E-state index in [1.165, 1.54) is 11.1 Å². The third kappa shape index (κ3) is 3.67. The molecule has 2 aliphatic rings. The number of aliphatic hydroxyl groups is 1. The van der Waals surface area contributed by atoms with E-state index >= 15 is 0 Å². The summed E-state index contributed by atoms with van der Waals surface area (Å²) < 4.78 is 17.6. The fourth-order valence-electron chi connectivity index (χ4n) is 2.74. The SMILES string of the molecule is CCC(N)/C=C\N(C(N)=O)[C@@H]1O[C@@H](CO)[C@@H]2OC(C)(CC)OC21. The van der Waals surface area contributed by atoms with E-state index in [0.29, 0.717) is 6.42 Å². The molecular weight excluding hydrogens is 302 g/mol. The van der Waals surface area contributed by atoms with Gasteiger partial charge < -0.3 is 30.8 Å². The predicted molar refractivity (Wildman–Crippen MR) is 83.0 cm³/mol. The third-order valence-electron chi connectivity index (χ3n) is 4.37. The van der Waals surface area contributed by atoms with Gasteiger partial charge in [-0.3, -0.25) is 4.90 Å². The van der Waals surface area contributed by atoms with Gasteiger partial charge in [-0.1, -0.05) is 19.9 Å². The zero-order valence-corrected chi connectivity index (χ0v) is 13.8. The van der Waals surface area contributed by atoms with Crippen LogP contribution in [-0.4, -0.2) is 59.0 Å². The molecule has 2 fully saturated rings. The van der Waals surface area contributed by atoms with E-state index in [0.717, 1.165) is 6.42 Å². The zero-order chi connectivity index (χ0) is 17.2. The first-order chi connectivity index (χ1) is 10.8. The Morgan fingerprint density at radius 3 is 2.57 bits per heavy atom. The molecule has 0 aliphatic carbocycles. The molecule has 2 heterocycles. The van der Waals surface area contributed by atoms with Gasteiger partial charge in [-0.05, 0) is 19.8 Å². The van der Waals surface area contributed by atoms with E-state index in [-0.39, 0.29) is 12.6 Å². The molecule has 8 heteroatoms. The number of primary amides is 1. The summed E-state index contributed by atoms with van der Waals surface area (Å²) in [6.07, 6.45) is 2.26. The van der Waals surface area contributed by atoms with Crippen molar-refractivity contribution in [1.82, 2.24) is 4.90 Å². The first-order valence-electron chi connectivity index (χ1n) is 7.98. The number of nitrogens with zero attached hydrogens (tertiary/aromatic N) is 1. The Balaban J connectivity index is 2.22. The van der Waals surface area contributed by atoms with Crippen LogP contribution in [0.2, 0.25) is 0 Å². The van der Waals surface area contributed by atoms with E-state index in [1.54, 1.807) is 6.08 Å². The molecule has 0 aromatic carbocycles. The molecule has 0 aromatic heterocycles. The number of urea groups is 1. The lowest BCUT2D eigenvalue weighted by molar-refractivity contribution is -0.212. The minimum Gasteiger partial charge on any atom is -0.394 e. The molecule has 3 unspecified atom stereocenters. The molecule has 2 aliphatic heterocycles. The van der Waals surface area contributed by atoms with Crippen LogP contribution >= 0.6 is 0 Å². The number of fused-ring (bicyclic) bond motifs is 1. The van der Waals surface area contributed by atoms with Crippen molar-refractivity contribution < 1.29 is 24.1 Å². The monoisotopic (exact) mass is 329 g/mol. The first-order valence-corrected chi connectivity index (χ1v) is 7.98. The number of nitrogens with two attached hydrogens (primary N) is 2. The lowest BCUT2D eigenvalue weighted by Gasteiger charge is -2.30. The Kier molecular flexibility index (Phi) is 5.64. The number of rotatable bonds is 6. The summed E-state index contributed by atoms with van der Waals surface area (Å²) in [5.74, 6) is -0.766. The van der Waals surface area contributed by atoms with Gasteiger partial charge in [0.2, 0.25) is 0 Å². The normalized spacial score (nSPS) is 38.0. The van der Waals surface area contributed by atoms with Crippen LogP contribution in [0, 0.1) is 0 Å². The minimum absolute atomic E-state index is 0.190. The summed E-state index contributed by atoms with van der Waals surface area (Å²) in [4.78, 5) is 13.1. The largest absolute Gasteiger partial charge is 0.394 e. The number of hydrogen-bond acceptors (Lipinski definition) is 6. The molecule has 0 radical (unpaired) electrons. The molecule has 2 amide bonds. The van der Waals surface area contributed by atoms with Crippen molar-refractivity contribution >= 4 is 6.03 Å². The quantitative estimate of drug-likeness (QED) is 0.642. The summed E-state index contributed by atoms with van der Waals surface area (Å²) in [6.45, 7) is 5.48. The van der Waals surface area contributed by atoms with Crippen LogP contribution in [0.1, 0.15) is 33.6 Å². The topological polar surface area (TPSA) is 120 Å². The second kappa shape index (κ2) is 7.14. The highest BCUT2D eigenvalue weighted by Gasteiger charge is 2.57. The summed E-state index contributed by atoms with van der Waals surface area (Å²) in [5, 5.41) is 9.52. The van der Waals surface area contributed by atoms with E-state index in [4.69, 9.17) is 25.7 Å². The molecule has 0 saturated carbocycles. The average Bonchev–Trinajstić information content (AvgIpc) is 3.02. The van der Waals surface area contributed by atoms with Crippen molar-refractivity contribution in [3.63, 3.8) is 0 Å². The standard InChI is InChI=1S/C15H27N3O5/c1-4-9(16)6-7-18(14(17)20)13-12-11(10(8-19)21-13)22-15(3,5-2)23-12/h6-7,9-13,19H,4-5,8,16H2,1-3H3,(H2,17,20)/b7-6-/t9?,10-,11-,12?,13+,15?/m0/s1. The number of ether oxygens (including phenoxy) is 3. The zero-order valence-electron chi connectivity index (χ0n) is 13.8. The van der Waals surface area contributed by atoms with Crippen LogP contribution in [0.25, 0.3) is 0 Å². The molecule has 5 N–H and O–H groups in total. The number of aliphatic hydroxyl groups excluding tert-OH is 1. The molecule has 0 spiro atoms. The third-order valence-corrected chi connectivity index (χ3v) is 4.37. The van der Waals surface area contributed by atoms with Crippen LogP contribution in [0.4, 0.5) is 4.79 Å². The summed E-state index contributed by atoms with van der Waals surface area (Å²) >= 11 is 0. The van der Waals surface area contributed by atoms with E-state index < -0.39 is 36.4 Å². The Labute approximate surface area is 136 Å². The maximum atomic E-state index is 11.8. The molecule has 0 bridgehead atoms. The average molecular weight is 329 g/mol. The van der Waals surface area contributed by atoms with Crippen molar-refractivity contribution in [2.45, 2.75) is 70.0 Å². The minimum atomic E-state index is -0.766. The molecule has 0 aromatic rings. The predicted octanol–water partition coefficient (Wildman–Crippen LogP) is 0.246. The Morgan fingerprint density at radius 1 is 1.39 bits per heavy atom. The van der Waals surface area contributed by atoms with Crippen LogP contribution in [0.3, 0.4) is 0 Å².